The quantitative estimate of drug-likeness (QED) is 0.330. The zero-order valence-electron chi connectivity index (χ0n) is 18.6. The van der Waals surface area contributed by atoms with Gasteiger partial charge in [-0.15, -0.1) is 0 Å². The monoisotopic (exact) mass is 477 g/mol. The van der Waals surface area contributed by atoms with Crippen molar-refractivity contribution in [1.29, 1.82) is 0 Å². The zero-order valence-corrected chi connectivity index (χ0v) is 18.6. The second-order valence-corrected chi connectivity index (χ2v) is 8.95. The Kier molecular flexibility index (Phi) is 5.89. The van der Waals surface area contributed by atoms with Crippen LogP contribution in [0, 0.1) is 17.8 Å². The molecule has 1 aromatic heterocycles. The highest BCUT2D eigenvalue weighted by molar-refractivity contribution is 6.23. The third-order valence-electron chi connectivity index (χ3n) is 6.81. The molecule has 4 atom stereocenters. The van der Waals surface area contributed by atoms with Crippen molar-refractivity contribution in [3.63, 3.8) is 0 Å². The van der Waals surface area contributed by atoms with E-state index in [0.717, 1.165) is 31.9 Å². The first kappa shape index (κ1) is 22.5. The molecule has 1 aromatic carbocycles. The van der Waals surface area contributed by atoms with Gasteiger partial charge >= 0.3 is 6.03 Å². The van der Waals surface area contributed by atoms with Gasteiger partial charge in [-0.1, -0.05) is 6.42 Å². The Labute approximate surface area is 199 Å². The van der Waals surface area contributed by atoms with Gasteiger partial charge in [0.05, 0.1) is 6.26 Å². The Bertz CT molecular complexity index is 1210. The van der Waals surface area contributed by atoms with Crippen molar-refractivity contribution in [1.82, 2.24) is 15.6 Å². The van der Waals surface area contributed by atoms with Gasteiger partial charge in [-0.05, 0) is 67.5 Å². The lowest BCUT2D eigenvalue weighted by Crippen LogP contribution is -2.62. The molecule has 2 heterocycles. The smallest absolute Gasteiger partial charge is 0.331 e. The molecule has 11 heteroatoms. The number of benzene rings is 1. The lowest BCUT2D eigenvalue weighted by atomic mass is 9.92. The van der Waals surface area contributed by atoms with E-state index in [4.69, 9.17) is 4.42 Å². The second-order valence-electron chi connectivity index (χ2n) is 8.95. The number of amides is 6. The molecule has 0 radical (unpaired) electrons. The number of nitrogens with zero attached hydrogens (tertiary/aromatic N) is 2. The van der Waals surface area contributed by atoms with E-state index < -0.39 is 35.6 Å². The Morgan fingerprint density at radius 2 is 1.86 bits per heavy atom. The summed E-state index contributed by atoms with van der Waals surface area (Å²) >= 11 is 0. The first-order valence-electron chi connectivity index (χ1n) is 11.4. The number of imide groups is 2. The van der Waals surface area contributed by atoms with E-state index in [1.165, 1.54) is 41.5 Å². The van der Waals surface area contributed by atoms with E-state index in [-0.39, 0.29) is 23.3 Å². The third kappa shape index (κ3) is 4.44. The van der Waals surface area contributed by atoms with Crippen molar-refractivity contribution in [3.05, 3.63) is 54.0 Å². The summed E-state index contributed by atoms with van der Waals surface area (Å²) in [7, 11) is 0. The molecular formula is C24H23N5O6. The second kappa shape index (κ2) is 9.16. The number of carbonyl (C=O) groups is 5. The molecule has 35 heavy (non-hydrogen) atoms. The molecule has 3 N–H and O–H groups in total. The molecule has 3 aliphatic rings. The molecular weight excluding hydrogens is 454 g/mol. The fraction of sp³-hybridized carbons (Fsp3) is 0.333. The lowest BCUT2D eigenvalue weighted by molar-refractivity contribution is -0.141. The molecule has 2 bridgehead atoms. The molecule has 2 saturated carbocycles. The van der Waals surface area contributed by atoms with Crippen LogP contribution in [-0.2, 0) is 9.59 Å². The van der Waals surface area contributed by atoms with Crippen molar-refractivity contribution in [2.24, 2.45) is 22.9 Å². The molecule has 3 fully saturated rings. The summed E-state index contributed by atoms with van der Waals surface area (Å²) in [6, 6.07) is 8.28. The average molecular weight is 477 g/mol. The number of anilines is 1. The van der Waals surface area contributed by atoms with Gasteiger partial charge in [-0.3, -0.25) is 29.4 Å². The molecule has 6 amide bonds. The predicted octanol–water partition coefficient (Wildman–Crippen LogP) is 2.13. The third-order valence-corrected chi connectivity index (χ3v) is 6.81. The summed E-state index contributed by atoms with van der Waals surface area (Å²) in [6.45, 7) is 0. The first-order valence-corrected chi connectivity index (χ1v) is 11.4. The minimum absolute atomic E-state index is 0.156. The van der Waals surface area contributed by atoms with Crippen molar-refractivity contribution in [2.45, 2.75) is 31.7 Å². The van der Waals surface area contributed by atoms with E-state index in [1.54, 1.807) is 6.07 Å². The van der Waals surface area contributed by atoms with Crippen LogP contribution >= 0.6 is 0 Å². The maximum atomic E-state index is 13.0. The Balaban J connectivity index is 1.19. The number of rotatable bonds is 6. The van der Waals surface area contributed by atoms with E-state index in [9.17, 15) is 24.0 Å². The Hall–Kier alpha value is -4.28. The van der Waals surface area contributed by atoms with Crippen LogP contribution in [0.5, 0.6) is 0 Å². The Morgan fingerprint density at radius 1 is 1.06 bits per heavy atom. The number of fused-ring (bicyclic) bond motifs is 2. The summed E-state index contributed by atoms with van der Waals surface area (Å²) in [5.41, 5.74) is 2.99. The van der Waals surface area contributed by atoms with Crippen LogP contribution in [-0.4, -0.2) is 46.8 Å². The fourth-order valence-corrected chi connectivity index (χ4v) is 5.12. The van der Waals surface area contributed by atoms with E-state index in [2.05, 4.69) is 21.2 Å². The largest absolute Gasteiger partial charge is 0.459 e. The molecule has 0 spiro atoms. The topological polar surface area (TPSA) is 150 Å². The first-order chi connectivity index (χ1) is 16.9. The number of barbiturate groups is 1. The van der Waals surface area contributed by atoms with Gasteiger partial charge in [0, 0.05) is 23.5 Å². The molecule has 2 aliphatic carbocycles. The maximum Gasteiger partial charge on any atom is 0.331 e. The fourth-order valence-electron chi connectivity index (χ4n) is 5.12. The van der Waals surface area contributed by atoms with Crippen LogP contribution in [0.25, 0.3) is 0 Å². The highest BCUT2D eigenvalue weighted by Crippen LogP contribution is 2.47. The van der Waals surface area contributed by atoms with Crippen LogP contribution in [0.1, 0.15) is 46.6 Å². The number of hydrogen-bond acceptors (Lipinski definition) is 7. The van der Waals surface area contributed by atoms with Gasteiger partial charge in [-0.25, -0.2) is 10.2 Å². The van der Waals surface area contributed by atoms with Crippen LogP contribution < -0.4 is 16.1 Å². The lowest BCUT2D eigenvalue weighted by Gasteiger charge is -2.36. The molecule has 180 valence electrons. The molecule has 1 saturated heterocycles. The number of hydrazone groups is 1. The standard InChI is InChI=1S/C24H23N5O6/c30-20(14-5-7-16(8-6-14)26-22(32)19-2-1-9-35-19)28-25-12-17-21(31)27-24(34)29(23(17)33)18-11-13-3-4-15(18)10-13/h1-2,5-9,12-13,15,17-18H,3-4,10-11H2,(H,26,32)(H,28,30)(H,27,31,34)/b25-12-/t13-,15-,17+,18-/m0/s1. The van der Waals surface area contributed by atoms with Gasteiger partial charge in [0.1, 0.15) is 0 Å². The van der Waals surface area contributed by atoms with E-state index in [0.29, 0.717) is 11.6 Å². The summed E-state index contributed by atoms with van der Waals surface area (Å²) in [4.78, 5) is 63.2. The highest BCUT2D eigenvalue weighted by atomic mass is 16.3. The van der Waals surface area contributed by atoms with Crippen molar-refractivity contribution < 1.29 is 28.4 Å². The van der Waals surface area contributed by atoms with Gasteiger partial charge < -0.3 is 9.73 Å². The predicted molar refractivity (Wildman–Crippen MR) is 122 cm³/mol. The molecule has 0 unspecified atom stereocenters. The van der Waals surface area contributed by atoms with Gasteiger partial charge in [0.25, 0.3) is 11.8 Å². The normalized spacial score (nSPS) is 25.7. The number of carbonyl (C=O) groups excluding carboxylic acids is 5. The number of urea groups is 1. The number of nitrogens with one attached hydrogen (secondary N) is 3. The molecule has 11 nitrogen and oxygen atoms in total. The summed E-state index contributed by atoms with van der Waals surface area (Å²) < 4.78 is 5.03. The molecule has 5 rings (SSSR count). The minimum atomic E-state index is -1.30. The highest BCUT2D eigenvalue weighted by Gasteiger charge is 2.50. The summed E-state index contributed by atoms with van der Waals surface area (Å²) in [5.74, 6) is -2.75. The van der Waals surface area contributed by atoms with E-state index in [1.807, 2.05) is 0 Å². The molecule has 2 aromatic rings. The minimum Gasteiger partial charge on any atom is -0.459 e. The molecule has 1 aliphatic heterocycles. The summed E-state index contributed by atoms with van der Waals surface area (Å²) in [6.07, 6.45) is 6.27. The average Bonchev–Trinajstić information content (AvgIpc) is 3.60. The summed E-state index contributed by atoms with van der Waals surface area (Å²) in [5, 5.41) is 8.65. The van der Waals surface area contributed by atoms with Gasteiger partial charge in [0.15, 0.2) is 11.7 Å². The zero-order chi connectivity index (χ0) is 24.5. The Morgan fingerprint density at radius 3 is 2.51 bits per heavy atom. The van der Waals surface area contributed by atoms with Crippen LogP contribution in [0.2, 0.25) is 0 Å². The number of furan rings is 1. The van der Waals surface area contributed by atoms with Crippen molar-refractivity contribution >= 4 is 41.6 Å². The van der Waals surface area contributed by atoms with Gasteiger partial charge in [0.2, 0.25) is 11.8 Å². The van der Waals surface area contributed by atoms with Crippen LogP contribution in [0.15, 0.2) is 52.2 Å². The maximum absolute atomic E-state index is 13.0. The van der Waals surface area contributed by atoms with Gasteiger partial charge in [-0.2, -0.15) is 5.10 Å². The van der Waals surface area contributed by atoms with E-state index >= 15 is 0 Å². The van der Waals surface area contributed by atoms with Crippen molar-refractivity contribution in [3.8, 4) is 0 Å². The van der Waals surface area contributed by atoms with Crippen LogP contribution in [0.4, 0.5) is 10.5 Å². The number of hydrogen-bond donors (Lipinski definition) is 3. The van der Waals surface area contributed by atoms with Crippen molar-refractivity contribution in [2.75, 3.05) is 5.32 Å². The SMILES string of the molecule is O=C(N/N=C\[C@@H]1C(=O)NC(=O)N([C@H]2C[C@H]3CC[C@H]2C3)C1=O)c1ccc(NC(=O)c2ccco2)cc1. The van der Waals surface area contributed by atoms with Crippen LogP contribution in [0.3, 0.4) is 0 Å².